The summed E-state index contributed by atoms with van der Waals surface area (Å²) in [5, 5.41) is 16.2. The highest BCUT2D eigenvalue weighted by molar-refractivity contribution is 6.01. The van der Waals surface area contributed by atoms with E-state index in [9.17, 15) is 19.7 Å². The molecule has 20 heavy (non-hydrogen) atoms. The van der Waals surface area contributed by atoms with Crippen LogP contribution in [0.4, 0.5) is 16.2 Å². The molecule has 0 spiro atoms. The van der Waals surface area contributed by atoms with Gasteiger partial charge >= 0.3 is 6.03 Å². The van der Waals surface area contributed by atoms with Crippen LogP contribution in [0, 0.1) is 10.1 Å². The highest BCUT2D eigenvalue weighted by Gasteiger charge is 2.28. The van der Waals surface area contributed by atoms with E-state index in [0.29, 0.717) is 17.8 Å². The lowest BCUT2D eigenvalue weighted by atomic mass is 10.1. The topological polar surface area (TPSA) is 105 Å². The second kappa shape index (κ2) is 5.55. The first kappa shape index (κ1) is 13.8. The highest BCUT2D eigenvalue weighted by Crippen LogP contribution is 2.26. The van der Waals surface area contributed by atoms with Crippen LogP contribution < -0.4 is 10.6 Å². The van der Waals surface area contributed by atoms with Gasteiger partial charge in [-0.3, -0.25) is 19.8 Å². The van der Waals surface area contributed by atoms with Crippen molar-refractivity contribution in [3.05, 3.63) is 33.9 Å². The number of hydrogen-bond acceptors (Lipinski definition) is 5. The minimum atomic E-state index is -0.477. The van der Waals surface area contributed by atoms with Crippen molar-refractivity contribution < 1.29 is 14.5 Å². The molecule has 1 aliphatic rings. The number of urea groups is 1. The number of imide groups is 1. The molecule has 1 saturated heterocycles. The molecule has 3 amide bonds. The maximum Gasteiger partial charge on any atom is 0.324 e. The van der Waals surface area contributed by atoms with Crippen molar-refractivity contribution in [2.45, 2.75) is 13.5 Å². The zero-order chi connectivity index (χ0) is 14.7. The number of nitrogens with one attached hydrogen (secondary N) is 2. The molecule has 2 N–H and O–H groups in total. The van der Waals surface area contributed by atoms with Crippen LogP contribution in [0.1, 0.15) is 12.5 Å². The summed E-state index contributed by atoms with van der Waals surface area (Å²) in [5.41, 5.74) is 0.992. The third-order valence-corrected chi connectivity index (χ3v) is 2.90. The van der Waals surface area contributed by atoms with Crippen molar-refractivity contribution in [3.8, 4) is 0 Å². The minimum Gasteiger partial charge on any atom is -0.380 e. The molecule has 2 rings (SSSR count). The van der Waals surface area contributed by atoms with E-state index in [1.54, 1.807) is 6.07 Å². The van der Waals surface area contributed by atoms with Crippen LogP contribution in [0.25, 0.3) is 0 Å². The zero-order valence-electron chi connectivity index (χ0n) is 10.9. The Morgan fingerprint density at radius 3 is 2.75 bits per heavy atom. The molecule has 0 aliphatic carbocycles. The van der Waals surface area contributed by atoms with Crippen molar-refractivity contribution in [1.82, 2.24) is 10.2 Å². The largest absolute Gasteiger partial charge is 0.380 e. The molecule has 1 aliphatic heterocycles. The number of carbonyl (C=O) groups excluding carboxylic acids is 2. The van der Waals surface area contributed by atoms with Gasteiger partial charge in [-0.2, -0.15) is 0 Å². The normalized spacial score (nSPS) is 14.3. The van der Waals surface area contributed by atoms with Crippen LogP contribution in [0.3, 0.4) is 0 Å². The van der Waals surface area contributed by atoms with Crippen molar-refractivity contribution in [3.63, 3.8) is 0 Å². The number of hydrogen-bond donors (Lipinski definition) is 2. The molecule has 0 unspecified atom stereocenters. The number of amides is 3. The van der Waals surface area contributed by atoms with Gasteiger partial charge in [0.15, 0.2) is 0 Å². The van der Waals surface area contributed by atoms with Crippen molar-refractivity contribution in [2.24, 2.45) is 0 Å². The van der Waals surface area contributed by atoms with Gasteiger partial charge in [0.05, 0.1) is 18.0 Å². The molecular weight excluding hydrogens is 264 g/mol. The van der Waals surface area contributed by atoms with Crippen LogP contribution in [0.15, 0.2) is 18.2 Å². The summed E-state index contributed by atoms with van der Waals surface area (Å²) in [6.07, 6.45) is 0. The summed E-state index contributed by atoms with van der Waals surface area (Å²) in [7, 11) is 0. The van der Waals surface area contributed by atoms with Gasteiger partial charge in [0.2, 0.25) is 5.91 Å². The third kappa shape index (κ3) is 2.68. The Morgan fingerprint density at radius 2 is 2.20 bits per heavy atom. The second-order valence-corrected chi connectivity index (χ2v) is 4.28. The van der Waals surface area contributed by atoms with Gasteiger partial charge in [-0.05, 0) is 18.6 Å². The molecule has 0 atom stereocenters. The Morgan fingerprint density at radius 1 is 1.45 bits per heavy atom. The standard InChI is InChI=1S/C12H14N4O4/c1-2-13-9-5-8(3-4-10(9)16(19)20)7-15-11(17)6-14-12(15)18/h3-5,13H,2,6-7H2,1H3,(H,14,18). The van der Waals surface area contributed by atoms with Crippen molar-refractivity contribution in [2.75, 3.05) is 18.4 Å². The molecule has 0 saturated carbocycles. The Balaban J connectivity index is 2.24. The Bertz CT molecular complexity index is 557. The third-order valence-electron chi connectivity index (χ3n) is 2.90. The van der Waals surface area contributed by atoms with Gasteiger partial charge in [-0.15, -0.1) is 0 Å². The zero-order valence-corrected chi connectivity index (χ0v) is 10.9. The summed E-state index contributed by atoms with van der Waals surface area (Å²) >= 11 is 0. The lowest BCUT2D eigenvalue weighted by molar-refractivity contribution is -0.384. The first-order valence-corrected chi connectivity index (χ1v) is 6.12. The molecule has 0 aromatic heterocycles. The molecule has 106 valence electrons. The molecule has 1 aromatic carbocycles. The van der Waals surface area contributed by atoms with E-state index in [4.69, 9.17) is 0 Å². The predicted octanol–water partition coefficient (Wildman–Crippen LogP) is 1.08. The van der Waals surface area contributed by atoms with E-state index >= 15 is 0 Å². The Kier molecular flexibility index (Phi) is 3.83. The van der Waals surface area contributed by atoms with E-state index in [1.165, 1.54) is 12.1 Å². The molecule has 0 bridgehead atoms. The van der Waals surface area contributed by atoms with Crippen LogP contribution in [-0.4, -0.2) is 34.9 Å². The van der Waals surface area contributed by atoms with Gasteiger partial charge in [-0.1, -0.05) is 6.07 Å². The van der Waals surface area contributed by atoms with Gasteiger partial charge in [0, 0.05) is 12.6 Å². The summed E-state index contributed by atoms with van der Waals surface area (Å²) in [4.78, 5) is 34.4. The second-order valence-electron chi connectivity index (χ2n) is 4.28. The van der Waals surface area contributed by atoms with Crippen LogP contribution in [0.5, 0.6) is 0 Å². The number of anilines is 1. The van der Waals surface area contributed by atoms with Gasteiger partial charge < -0.3 is 10.6 Å². The van der Waals surface area contributed by atoms with E-state index in [0.717, 1.165) is 4.90 Å². The monoisotopic (exact) mass is 278 g/mol. The molecule has 8 heteroatoms. The molecule has 1 aromatic rings. The average molecular weight is 278 g/mol. The number of carbonyl (C=O) groups is 2. The number of nitro groups is 1. The predicted molar refractivity (Wildman–Crippen MR) is 71.2 cm³/mol. The molecule has 1 fully saturated rings. The highest BCUT2D eigenvalue weighted by atomic mass is 16.6. The van der Waals surface area contributed by atoms with E-state index in [2.05, 4.69) is 10.6 Å². The fraction of sp³-hybridized carbons (Fsp3) is 0.333. The SMILES string of the molecule is CCNc1cc(CN2C(=O)CNC2=O)ccc1[N+](=O)[O-]. The van der Waals surface area contributed by atoms with Gasteiger partial charge in [0.25, 0.3) is 5.69 Å². The summed E-state index contributed by atoms with van der Waals surface area (Å²) in [6.45, 7) is 2.45. The van der Waals surface area contributed by atoms with Crippen LogP contribution >= 0.6 is 0 Å². The van der Waals surface area contributed by atoms with Gasteiger partial charge in [0.1, 0.15) is 5.69 Å². The summed E-state index contributed by atoms with van der Waals surface area (Å²) in [5.74, 6) is -0.307. The minimum absolute atomic E-state index is 0.00805. The maximum absolute atomic E-state index is 11.5. The van der Waals surface area contributed by atoms with E-state index < -0.39 is 11.0 Å². The van der Waals surface area contributed by atoms with Crippen LogP contribution in [0.2, 0.25) is 0 Å². The molecular formula is C12H14N4O4. The maximum atomic E-state index is 11.5. The van der Waals surface area contributed by atoms with Crippen LogP contribution in [-0.2, 0) is 11.3 Å². The quantitative estimate of drug-likeness (QED) is 0.476. The molecule has 0 radical (unpaired) electrons. The van der Waals surface area contributed by atoms with Crippen molar-refractivity contribution >= 4 is 23.3 Å². The number of benzene rings is 1. The Hall–Kier alpha value is -2.64. The first-order valence-electron chi connectivity index (χ1n) is 6.12. The molecule has 8 nitrogen and oxygen atoms in total. The number of nitrogens with zero attached hydrogens (tertiary/aromatic N) is 2. The fourth-order valence-corrected chi connectivity index (χ4v) is 1.97. The first-order chi connectivity index (χ1) is 9.52. The fourth-order valence-electron chi connectivity index (χ4n) is 1.97. The number of rotatable bonds is 5. The summed E-state index contributed by atoms with van der Waals surface area (Å²) < 4.78 is 0. The summed E-state index contributed by atoms with van der Waals surface area (Å²) in [6, 6.07) is 4.04. The lowest BCUT2D eigenvalue weighted by Crippen LogP contribution is -2.30. The molecule has 1 heterocycles. The smallest absolute Gasteiger partial charge is 0.324 e. The van der Waals surface area contributed by atoms with E-state index in [1.807, 2.05) is 6.92 Å². The number of nitro benzene ring substituents is 1. The lowest BCUT2D eigenvalue weighted by Gasteiger charge is -2.13. The average Bonchev–Trinajstić information content (AvgIpc) is 2.71. The Labute approximate surface area is 114 Å². The van der Waals surface area contributed by atoms with Crippen molar-refractivity contribution in [1.29, 1.82) is 0 Å². The van der Waals surface area contributed by atoms with E-state index in [-0.39, 0.29) is 24.7 Å². The van der Waals surface area contributed by atoms with Gasteiger partial charge in [-0.25, -0.2) is 4.79 Å².